The molecule has 6 nitrogen and oxygen atoms in total. The average molecular weight is 409 g/mol. The zero-order valence-electron chi connectivity index (χ0n) is 16.6. The molecular formula is C22H24N4O2S. The number of aromatic nitrogens is 2. The summed E-state index contributed by atoms with van der Waals surface area (Å²) in [6.45, 7) is 5.18. The third-order valence-electron chi connectivity index (χ3n) is 5.26. The van der Waals surface area contributed by atoms with Gasteiger partial charge in [-0.15, -0.1) is 10.2 Å². The standard InChI is InChI=1S/C22H24N4O2S/c1-14(2)20-24-25-22(29-20)23-19(27)16-9-6-12-26(13-16)21(28)18-11-5-8-15-7-3-4-10-17(15)18/h3-5,7-8,10-11,14,16H,6,9,12-13H2,1-2H3,(H,23,25,27). The maximum atomic E-state index is 13.2. The Kier molecular flexibility index (Phi) is 5.58. The third-order valence-corrected chi connectivity index (χ3v) is 6.40. The van der Waals surface area contributed by atoms with E-state index in [2.05, 4.69) is 15.5 Å². The Bertz CT molecular complexity index is 1040. The number of anilines is 1. The van der Waals surface area contributed by atoms with Crippen molar-refractivity contribution >= 4 is 39.1 Å². The largest absolute Gasteiger partial charge is 0.338 e. The first-order chi connectivity index (χ1) is 14.0. The molecule has 2 heterocycles. The zero-order valence-corrected chi connectivity index (χ0v) is 17.4. The summed E-state index contributed by atoms with van der Waals surface area (Å²) in [5.74, 6) is -0.0695. The Morgan fingerprint density at radius 1 is 1.14 bits per heavy atom. The lowest BCUT2D eigenvalue weighted by atomic mass is 9.95. The van der Waals surface area contributed by atoms with Crippen LogP contribution < -0.4 is 5.32 Å². The first-order valence-electron chi connectivity index (χ1n) is 9.94. The van der Waals surface area contributed by atoms with Crippen molar-refractivity contribution in [2.24, 2.45) is 5.92 Å². The highest BCUT2D eigenvalue weighted by Gasteiger charge is 2.30. The Morgan fingerprint density at radius 2 is 1.93 bits per heavy atom. The zero-order chi connectivity index (χ0) is 20.4. The fourth-order valence-corrected chi connectivity index (χ4v) is 4.43. The van der Waals surface area contributed by atoms with Crippen LogP contribution in [0.3, 0.4) is 0 Å². The SMILES string of the molecule is CC(C)c1nnc(NC(=O)C2CCCN(C(=O)c3cccc4ccccc34)C2)s1. The van der Waals surface area contributed by atoms with Crippen LogP contribution in [0.5, 0.6) is 0 Å². The topological polar surface area (TPSA) is 75.2 Å². The molecule has 1 fully saturated rings. The van der Waals surface area contributed by atoms with E-state index < -0.39 is 0 Å². The summed E-state index contributed by atoms with van der Waals surface area (Å²) in [5.41, 5.74) is 0.690. The molecule has 29 heavy (non-hydrogen) atoms. The molecule has 1 saturated heterocycles. The monoisotopic (exact) mass is 408 g/mol. The quantitative estimate of drug-likeness (QED) is 0.698. The van der Waals surface area contributed by atoms with Gasteiger partial charge >= 0.3 is 0 Å². The molecule has 0 spiro atoms. The summed E-state index contributed by atoms with van der Waals surface area (Å²) < 4.78 is 0. The molecule has 1 atom stereocenters. The molecule has 0 saturated carbocycles. The molecule has 4 rings (SSSR count). The number of likely N-dealkylation sites (tertiary alicyclic amines) is 1. The van der Waals surface area contributed by atoms with E-state index in [1.807, 2.05) is 56.3 Å². The van der Waals surface area contributed by atoms with Crippen LogP contribution in [0.2, 0.25) is 0 Å². The van der Waals surface area contributed by atoms with E-state index in [-0.39, 0.29) is 23.7 Å². The molecule has 1 aliphatic rings. The second kappa shape index (κ2) is 8.29. The second-order valence-corrected chi connectivity index (χ2v) is 8.72. The predicted octanol–water partition coefficient (Wildman–Crippen LogP) is 4.31. The summed E-state index contributed by atoms with van der Waals surface area (Å²) in [4.78, 5) is 27.7. The predicted molar refractivity (Wildman–Crippen MR) is 115 cm³/mol. The van der Waals surface area contributed by atoms with Crippen molar-refractivity contribution in [1.82, 2.24) is 15.1 Å². The van der Waals surface area contributed by atoms with Crippen LogP contribution in [0, 0.1) is 5.92 Å². The van der Waals surface area contributed by atoms with Crippen LogP contribution >= 0.6 is 11.3 Å². The van der Waals surface area contributed by atoms with E-state index in [0.717, 1.165) is 28.6 Å². The summed E-state index contributed by atoms with van der Waals surface area (Å²) in [5, 5.41) is 14.5. The lowest BCUT2D eigenvalue weighted by molar-refractivity contribution is -0.121. The number of amides is 2. The Balaban J connectivity index is 1.47. The summed E-state index contributed by atoms with van der Waals surface area (Å²) in [6, 6.07) is 13.7. The highest BCUT2D eigenvalue weighted by Crippen LogP contribution is 2.26. The van der Waals surface area contributed by atoms with Gasteiger partial charge in [0, 0.05) is 24.6 Å². The minimum absolute atomic E-state index is 0.0164. The Hall–Kier alpha value is -2.80. The highest BCUT2D eigenvalue weighted by atomic mass is 32.1. The minimum atomic E-state index is -0.242. The number of carbonyl (C=O) groups is 2. The van der Waals surface area contributed by atoms with Gasteiger partial charge in [0.15, 0.2) is 0 Å². The number of benzene rings is 2. The van der Waals surface area contributed by atoms with Crippen LogP contribution in [0.1, 0.15) is 48.0 Å². The van der Waals surface area contributed by atoms with Gasteiger partial charge in [0.1, 0.15) is 5.01 Å². The lowest BCUT2D eigenvalue weighted by Crippen LogP contribution is -2.43. The van der Waals surface area contributed by atoms with Gasteiger partial charge in [0.25, 0.3) is 5.91 Å². The molecule has 1 aliphatic heterocycles. The first-order valence-corrected chi connectivity index (χ1v) is 10.8. The van der Waals surface area contributed by atoms with Crippen LogP contribution in [-0.2, 0) is 4.79 Å². The lowest BCUT2D eigenvalue weighted by Gasteiger charge is -2.32. The first kappa shape index (κ1) is 19.5. The van der Waals surface area contributed by atoms with Gasteiger partial charge in [-0.3, -0.25) is 9.59 Å². The number of nitrogens with zero attached hydrogens (tertiary/aromatic N) is 3. The number of fused-ring (bicyclic) bond motifs is 1. The van der Waals surface area contributed by atoms with Crippen LogP contribution in [-0.4, -0.2) is 40.0 Å². The van der Waals surface area contributed by atoms with Gasteiger partial charge in [0.05, 0.1) is 5.92 Å². The van der Waals surface area contributed by atoms with Crippen molar-refractivity contribution in [3.63, 3.8) is 0 Å². The van der Waals surface area contributed by atoms with Crippen molar-refractivity contribution < 1.29 is 9.59 Å². The smallest absolute Gasteiger partial charge is 0.254 e. The van der Waals surface area contributed by atoms with E-state index in [1.54, 1.807) is 4.90 Å². The molecular weight excluding hydrogens is 384 g/mol. The van der Waals surface area contributed by atoms with Gasteiger partial charge in [-0.1, -0.05) is 61.6 Å². The van der Waals surface area contributed by atoms with E-state index in [4.69, 9.17) is 0 Å². The number of rotatable bonds is 4. The molecule has 2 aromatic carbocycles. The van der Waals surface area contributed by atoms with Crippen molar-refractivity contribution in [3.8, 4) is 0 Å². The van der Waals surface area contributed by atoms with Crippen LogP contribution in [0.4, 0.5) is 5.13 Å². The molecule has 0 radical (unpaired) electrons. The highest BCUT2D eigenvalue weighted by molar-refractivity contribution is 7.15. The number of hydrogen-bond donors (Lipinski definition) is 1. The fourth-order valence-electron chi connectivity index (χ4n) is 3.68. The van der Waals surface area contributed by atoms with Gasteiger partial charge in [0.2, 0.25) is 11.0 Å². The van der Waals surface area contributed by atoms with Gasteiger partial charge in [-0.2, -0.15) is 0 Å². The van der Waals surface area contributed by atoms with E-state index in [0.29, 0.717) is 23.8 Å². The van der Waals surface area contributed by atoms with E-state index >= 15 is 0 Å². The molecule has 3 aromatic rings. The minimum Gasteiger partial charge on any atom is -0.338 e. The van der Waals surface area contributed by atoms with Crippen molar-refractivity contribution in [1.29, 1.82) is 0 Å². The van der Waals surface area contributed by atoms with Crippen LogP contribution in [0.15, 0.2) is 42.5 Å². The van der Waals surface area contributed by atoms with Crippen molar-refractivity contribution in [3.05, 3.63) is 53.0 Å². The molecule has 0 bridgehead atoms. The molecule has 150 valence electrons. The average Bonchev–Trinajstić information content (AvgIpc) is 3.22. The Labute approximate surface area is 173 Å². The van der Waals surface area contributed by atoms with Crippen molar-refractivity contribution in [2.45, 2.75) is 32.6 Å². The van der Waals surface area contributed by atoms with Gasteiger partial charge in [-0.05, 0) is 29.7 Å². The second-order valence-electron chi connectivity index (χ2n) is 7.71. The summed E-state index contributed by atoms with van der Waals surface area (Å²) >= 11 is 1.40. The van der Waals surface area contributed by atoms with Crippen molar-refractivity contribution in [2.75, 3.05) is 18.4 Å². The number of hydrogen-bond acceptors (Lipinski definition) is 5. The van der Waals surface area contributed by atoms with E-state index in [1.165, 1.54) is 11.3 Å². The molecule has 1 unspecified atom stereocenters. The molecule has 2 amide bonds. The third kappa shape index (κ3) is 4.15. The van der Waals surface area contributed by atoms with E-state index in [9.17, 15) is 9.59 Å². The number of carbonyl (C=O) groups excluding carboxylic acids is 2. The maximum absolute atomic E-state index is 13.2. The molecule has 7 heteroatoms. The van der Waals surface area contributed by atoms with Crippen LogP contribution in [0.25, 0.3) is 10.8 Å². The summed E-state index contributed by atoms with van der Waals surface area (Å²) in [7, 11) is 0. The molecule has 0 aliphatic carbocycles. The number of nitrogens with one attached hydrogen (secondary N) is 1. The fraction of sp³-hybridized carbons (Fsp3) is 0.364. The molecule has 1 N–H and O–H groups in total. The normalized spacial score (nSPS) is 16.9. The summed E-state index contributed by atoms with van der Waals surface area (Å²) in [6.07, 6.45) is 1.57. The number of piperidine rings is 1. The maximum Gasteiger partial charge on any atom is 0.254 e. The Morgan fingerprint density at radius 3 is 2.72 bits per heavy atom. The van der Waals surface area contributed by atoms with Gasteiger partial charge in [-0.25, -0.2) is 0 Å². The van der Waals surface area contributed by atoms with Gasteiger partial charge < -0.3 is 10.2 Å². The molecule has 1 aromatic heterocycles.